The molecule has 8 nitrogen and oxygen atoms in total. The van der Waals surface area contributed by atoms with Crippen LogP contribution in [0.15, 0.2) is 58.0 Å². The van der Waals surface area contributed by atoms with E-state index in [0.29, 0.717) is 20.9 Å². The van der Waals surface area contributed by atoms with Crippen molar-refractivity contribution >= 4 is 58.2 Å². The highest BCUT2D eigenvalue weighted by atomic mass is 32.2. The lowest BCUT2D eigenvalue weighted by molar-refractivity contribution is -0.114. The minimum atomic E-state index is -0.155. The summed E-state index contributed by atoms with van der Waals surface area (Å²) in [6.45, 7) is 0. The lowest BCUT2D eigenvalue weighted by Gasteiger charge is -2.05. The van der Waals surface area contributed by atoms with Crippen LogP contribution in [0.2, 0.25) is 0 Å². The van der Waals surface area contributed by atoms with Crippen molar-refractivity contribution in [3.05, 3.63) is 48.5 Å². The summed E-state index contributed by atoms with van der Waals surface area (Å²) in [6, 6.07) is 14.2. The van der Waals surface area contributed by atoms with Crippen LogP contribution in [-0.4, -0.2) is 46.9 Å². The number of carbonyl (C=O) groups excluding carboxylic acids is 2. The van der Waals surface area contributed by atoms with E-state index >= 15 is 0 Å². The van der Waals surface area contributed by atoms with E-state index in [-0.39, 0.29) is 23.3 Å². The molecule has 2 N–H and O–H groups in total. The predicted octanol–water partition coefficient (Wildman–Crippen LogP) is 4.02. The van der Waals surface area contributed by atoms with Crippen molar-refractivity contribution in [3.8, 4) is 11.5 Å². The molecule has 0 saturated heterocycles. The van der Waals surface area contributed by atoms with Crippen molar-refractivity contribution in [1.82, 2.24) is 9.36 Å². The Labute approximate surface area is 192 Å². The van der Waals surface area contributed by atoms with Gasteiger partial charge in [-0.3, -0.25) is 9.59 Å². The zero-order valence-electron chi connectivity index (χ0n) is 16.8. The molecule has 0 saturated carbocycles. The Bertz CT molecular complexity index is 930. The van der Waals surface area contributed by atoms with Gasteiger partial charge in [0.2, 0.25) is 17.0 Å². The topological polar surface area (TPSA) is 102 Å². The van der Waals surface area contributed by atoms with Crippen LogP contribution in [0.25, 0.3) is 0 Å². The van der Waals surface area contributed by atoms with Gasteiger partial charge in [0.05, 0.1) is 25.7 Å². The van der Waals surface area contributed by atoms with E-state index in [4.69, 9.17) is 9.47 Å². The maximum absolute atomic E-state index is 12.1. The van der Waals surface area contributed by atoms with Gasteiger partial charge in [0.15, 0.2) is 4.34 Å². The van der Waals surface area contributed by atoms with E-state index in [0.717, 1.165) is 11.5 Å². The Hall–Kier alpha value is -2.76. The first-order chi connectivity index (χ1) is 15.1. The van der Waals surface area contributed by atoms with Gasteiger partial charge in [-0.05, 0) is 60.1 Å². The predicted molar refractivity (Wildman–Crippen MR) is 125 cm³/mol. The molecule has 0 aliphatic rings. The van der Waals surface area contributed by atoms with Crippen molar-refractivity contribution in [2.75, 3.05) is 36.4 Å². The van der Waals surface area contributed by atoms with Crippen molar-refractivity contribution < 1.29 is 19.1 Å². The largest absolute Gasteiger partial charge is 0.497 e. The Balaban J connectivity index is 1.39. The standard InChI is InChI=1S/C20H20N4O4S3/c1-27-15-7-3-13(4-8-15)21-17(25)11-29-19-23-20(31-24-19)30-12-18(26)22-14-5-9-16(28-2)10-6-14/h3-10H,11-12H2,1-2H3,(H,21,25)(H,22,26). The van der Waals surface area contributed by atoms with Crippen LogP contribution < -0.4 is 20.1 Å². The number of methoxy groups -OCH3 is 2. The van der Waals surface area contributed by atoms with E-state index < -0.39 is 0 Å². The molecule has 31 heavy (non-hydrogen) atoms. The minimum Gasteiger partial charge on any atom is -0.497 e. The third-order valence-electron chi connectivity index (χ3n) is 3.80. The second-order valence-corrected chi connectivity index (χ2v) is 8.89. The quantitative estimate of drug-likeness (QED) is 0.423. The van der Waals surface area contributed by atoms with E-state index in [1.54, 1.807) is 62.8 Å². The molecule has 1 aromatic heterocycles. The van der Waals surface area contributed by atoms with Gasteiger partial charge < -0.3 is 20.1 Å². The number of benzene rings is 2. The Morgan fingerprint density at radius 2 is 1.32 bits per heavy atom. The highest BCUT2D eigenvalue weighted by molar-refractivity contribution is 8.02. The Morgan fingerprint density at radius 1 is 0.839 bits per heavy atom. The number of ether oxygens (including phenoxy) is 2. The van der Waals surface area contributed by atoms with Gasteiger partial charge in [-0.1, -0.05) is 23.5 Å². The monoisotopic (exact) mass is 476 g/mol. The van der Waals surface area contributed by atoms with Crippen LogP contribution in [0.5, 0.6) is 11.5 Å². The summed E-state index contributed by atoms with van der Waals surface area (Å²) in [5.74, 6) is 1.55. The first-order valence-electron chi connectivity index (χ1n) is 9.03. The summed E-state index contributed by atoms with van der Waals surface area (Å²) in [6.07, 6.45) is 0. The number of nitrogens with zero attached hydrogens (tertiary/aromatic N) is 2. The summed E-state index contributed by atoms with van der Waals surface area (Å²) in [4.78, 5) is 28.6. The minimum absolute atomic E-state index is 0.140. The van der Waals surface area contributed by atoms with Crippen LogP contribution in [0, 0.1) is 0 Å². The summed E-state index contributed by atoms with van der Waals surface area (Å²) in [5.41, 5.74) is 1.39. The van der Waals surface area contributed by atoms with Crippen molar-refractivity contribution in [1.29, 1.82) is 0 Å². The fourth-order valence-electron chi connectivity index (χ4n) is 2.31. The van der Waals surface area contributed by atoms with E-state index in [1.165, 1.54) is 35.1 Å². The number of thioether (sulfide) groups is 2. The van der Waals surface area contributed by atoms with Gasteiger partial charge in [0.1, 0.15) is 11.5 Å². The van der Waals surface area contributed by atoms with Gasteiger partial charge in [-0.15, -0.1) is 0 Å². The molecule has 0 radical (unpaired) electrons. The number of amides is 2. The van der Waals surface area contributed by atoms with Crippen LogP contribution in [0.1, 0.15) is 0 Å². The number of hydrogen-bond acceptors (Lipinski definition) is 9. The van der Waals surface area contributed by atoms with E-state index in [1.807, 2.05) is 0 Å². The highest BCUT2D eigenvalue weighted by Crippen LogP contribution is 2.25. The third-order valence-corrected chi connectivity index (χ3v) is 6.59. The summed E-state index contributed by atoms with van der Waals surface area (Å²) >= 11 is 3.74. The van der Waals surface area contributed by atoms with Crippen molar-refractivity contribution in [3.63, 3.8) is 0 Å². The molecule has 0 aliphatic carbocycles. The molecule has 162 valence electrons. The lowest BCUT2D eigenvalue weighted by Crippen LogP contribution is -2.14. The molecule has 11 heteroatoms. The van der Waals surface area contributed by atoms with Gasteiger partial charge in [-0.2, -0.15) is 4.37 Å². The average molecular weight is 477 g/mol. The van der Waals surface area contributed by atoms with Gasteiger partial charge in [0.25, 0.3) is 0 Å². The SMILES string of the molecule is COc1ccc(NC(=O)CSc2nsc(SCC(=O)Nc3ccc(OC)cc3)n2)cc1. The maximum Gasteiger partial charge on any atom is 0.234 e. The van der Waals surface area contributed by atoms with Crippen LogP contribution in [0.3, 0.4) is 0 Å². The molecule has 0 bridgehead atoms. The molecule has 0 fully saturated rings. The number of anilines is 2. The molecule has 2 amide bonds. The Kier molecular flexibility index (Phi) is 8.56. The molecule has 2 aromatic carbocycles. The van der Waals surface area contributed by atoms with Gasteiger partial charge in [-0.25, -0.2) is 4.98 Å². The maximum atomic E-state index is 12.1. The molecule has 1 heterocycles. The summed E-state index contributed by atoms with van der Waals surface area (Å²) in [5, 5.41) is 6.13. The molecule has 3 rings (SSSR count). The third kappa shape index (κ3) is 7.46. The fraction of sp³-hybridized carbons (Fsp3) is 0.200. The second-order valence-electron chi connectivity index (χ2n) is 5.97. The van der Waals surface area contributed by atoms with Crippen LogP contribution in [-0.2, 0) is 9.59 Å². The normalized spacial score (nSPS) is 10.4. The van der Waals surface area contributed by atoms with Gasteiger partial charge in [0, 0.05) is 11.4 Å². The van der Waals surface area contributed by atoms with E-state index in [2.05, 4.69) is 20.0 Å². The first-order valence-corrected chi connectivity index (χ1v) is 11.8. The van der Waals surface area contributed by atoms with Crippen LogP contribution in [0.4, 0.5) is 11.4 Å². The second kappa shape index (κ2) is 11.6. The molecular formula is C20H20N4O4S3. The number of carbonyl (C=O) groups is 2. The fourth-order valence-corrected chi connectivity index (χ4v) is 4.54. The Morgan fingerprint density at radius 3 is 1.81 bits per heavy atom. The zero-order valence-corrected chi connectivity index (χ0v) is 19.2. The van der Waals surface area contributed by atoms with Crippen molar-refractivity contribution in [2.24, 2.45) is 0 Å². The number of rotatable bonds is 10. The van der Waals surface area contributed by atoms with Crippen molar-refractivity contribution in [2.45, 2.75) is 9.50 Å². The molecule has 0 spiro atoms. The summed E-state index contributed by atoms with van der Waals surface area (Å²) < 4.78 is 15.1. The molecule has 0 atom stereocenters. The van der Waals surface area contributed by atoms with Crippen LogP contribution >= 0.6 is 35.1 Å². The smallest absolute Gasteiger partial charge is 0.234 e. The first kappa shape index (κ1) is 22.9. The molecule has 0 unspecified atom stereocenters. The molecule has 3 aromatic rings. The lowest BCUT2D eigenvalue weighted by atomic mass is 10.3. The molecule has 0 aliphatic heterocycles. The summed E-state index contributed by atoms with van der Waals surface area (Å²) in [7, 11) is 3.18. The number of nitrogens with one attached hydrogen (secondary N) is 2. The molecular weight excluding hydrogens is 456 g/mol. The van der Waals surface area contributed by atoms with Gasteiger partial charge >= 0.3 is 0 Å². The average Bonchev–Trinajstić information content (AvgIpc) is 3.25. The number of hydrogen-bond donors (Lipinski definition) is 2. The van der Waals surface area contributed by atoms with E-state index in [9.17, 15) is 9.59 Å². The zero-order chi connectivity index (χ0) is 22.1. The number of aromatic nitrogens is 2. The highest BCUT2D eigenvalue weighted by Gasteiger charge is 2.11.